The zero-order chi connectivity index (χ0) is 17.6. The first-order chi connectivity index (χ1) is 12.0. The quantitative estimate of drug-likeness (QED) is 0.166. The van der Waals surface area contributed by atoms with Crippen LogP contribution in [-0.4, -0.2) is 21.6 Å². The van der Waals surface area contributed by atoms with Crippen molar-refractivity contribution in [2.24, 2.45) is 11.5 Å². The van der Waals surface area contributed by atoms with E-state index >= 15 is 0 Å². The standard InChI is InChI=1S/C17H14N8.Zn/c18-16(19)8-1-3-10-12(5-8)24-14(22-10)7-15-23-11-4-2-9(17(20)21)6-13(11)25-15;/h1-6H,7H2,(H6-2,18,19,20,21,22,23,24,25);/q-2;+2/p+2. The molecule has 8 nitrogen and oxygen atoms in total. The Morgan fingerprint density at radius 3 is 1.62 bits per heavy atom. The van der Waals surface area contributed by atoms with E-state index in [0.717, 1.165) is 33.2 Å². The van der Waals surface area contributed by atoms with Gasteiger partial charge in [-0.2, -0.15) is 0 Å². The van der Waals surface area contributed by atoms with Crippen LogP contribution in [-0.2, 0) is 25.9 Å². The summed E-state index contributed by atoms with van der Waals surface area (Å²) in [6.45, 7) is 0. The molecule has 2 aromatic carbocycles. The van der Waals surface area contributed by atoms with Gasteiger partial charge in [-0.25, -0.2) is 0 Å². The van der Waals surface area contributed by atoms with Crippen molar-refractivity contribution in [2.75, 3.05) is 0 Å². The Bertz CT molecular complexity index is 1050. The monoisotopic (exact) mass is 396 g/mol. The molecule has 8 N–H and O–H groups in total. The van der Waals surface area contributed by atoms with Crippen LogP contribution in [0, 0.1) is 0 Å². The van der Waals surface area contributed by atoms with E-state index in [4.69, 9.17) is 22.3 Å². The Kier molecular flexibility index (Phi) is 4.57. The second kappa shape index (κ2) is 6.69. The van der Waals surface area contributed by atoms with Crippen LogP contribution in [0.3, 0.4) is 0 Å². The molecule has 0 bridgehead atoms. The Hall–Kier alpha value is -3.06. The van der Waals surface area contributed by atoms with Gasteiger partial charge in [-0.05, 0) is 52.8 Å². The SMILES string of the molecule is NC(=[NH2+])c1ccc2[n-]c(Cc3nc4cc(C(N)=[NH2+])ccc4[n-]3)nc2c1.[Zn+2]. The van der Waals surface area contributed by atoms with Gasteiger partial charge in [0, 0.05) is 0 Å². The molecule has 0 amide bonds. The summed E-state index contributed by atoms with van der Waals surface area (Å²) >= 11 is 0. The molecule has 0 aliphatic carbocycles. The van der Waals surface area contributed by atoms with Crippen LogP contribution in [0.15, 0.2) is 36.4 Å². The smallest absolute Gasteiger partial charge is 0.439 e. The van der Waals surface area contributed by atoms with E-state index in [1.807, 2.05) is 36.4 Å². The number of hydrogen-bond donors (Lipinski definition) is 4. The zero-order valence-electron chi connectivity index (χ0n) is 14.0. The van der Waals surface area contributed by atoms with E-state index in [9.17, 15) is 0 Å². The van der Waals surface area contributed by atoms with Crippen molar-refractivity contribution in [1.82, 2.24) is 19.9 Å². The maximum Gasteiger partial charge on any atom is 2.00 e. The van der Waals surface area contributed by atoms with Gasteiger partial charge in [0.05, 0.1) is 11.1 Å². The third kappa shape index (κ3) is 3.21. The minimum absolute atomic E-state index is 0. The van der Waals surface area contributed by atoms with E-state index in [0.29, 0.717) is 18.1 Å². The molecule has 2 aromatic heterocycles. The third-order valence-corrected chi connectivity index (χ3v) is 3.93. The molecular formula is C17H16N8Zn+2. The third-order valence-electron chi connectivity index (χ3n) is 3.93. The molecule has 4 rings (SSSR count). The van der Waals surface area contributed by atoms with Crippen LogP contribution >= 0.6 is 0 Å². The summed E-state index contributed by atoms with van der Waals surface area (Å²) in [6, 6.07) is 11.0. The van der Waals surface area contributed by atoms with Crippen molar-refractivity contribution < 1.29 is 30.3 Å². The fourth-order valence-corrected chi connectivity index (χ4v) is 2.68. The number of nitrogens with zero attached hydrogens (tertiary/aromatic N) is 4. The zero-order valence-corrected chi connectivity index (χ0v) is 16.9. The first-order valence-corrected chi connectivity index (χ1v) is 7.63. The number of imidazole rings is 2. The molecule has 0 atom stereocenters. The molecule has 0 spiro atoms. The molecule has 0 radical (unpaired) electrons. The van der Waals surface area contributed by atoms with Gasteiger partial charge < -0.3 is 19.9 Å². The molecule has 0 unspecified atom stereocenters. The molecule has 0 saturated carbocycles. The van der Waals surface area contributed by atoms with E-state index in [2.05, 4.69) is 19.9 Å². The molecule has 0 fully saturated rings. The van der Waals surface area contributed by atoms with Gasteiger partial charge in [0.2, 0.25) is 0 Å². The Balaban J connectivity index is 0.00000196. The van der Waals surface area contributed by atoms with E-state index < -0.39 is 0 Å². The summed E-state index contributed by atoms with van der Waals surface area (Å²) in [5, 5.41) is 11.2. The van der Waals surface area contributed by atoms with Gasteiger partial charge in [-0.3, -0.25) is 22.3 Å². The fraction of sp³-hybridized carbons (Fsp3) is 0.0588. The molecule has 0 aliphatic rings. The van der Waals surface area contributed by atoms with Crippen LogP contribution in [0.4, 0.5) is 0 Å². The summed E-state index contributed by atoms with van der Waals surface area (Å²) in [5.41, 5.74) is 15.7. The Morgan fingerprint density at radius 1 is 0.808 bits per heavy atom. The van der Waals surface area contributed by atoms with Crippen molar-refractivity contribution in [3.05, 3.63) is 59.2 Å². The van der Waals surface area contributed by atoms with Crippen molar-refractivity contribution in [3.8, 4) is 0 Å². The van der Waals surface area contributed by atoms with Gasteiger partial charge >= 0.3 is 19.5 Å². The van der Waals surface area contributed by atoms with Gasteiger partial charge in [0.25, 0.3) is 11.7 Å². The topological polar surface area (TPSA) is 157 Å². The number of hydrogen-bond acceptors (Lipinski definition) is 2. The Labute approximate surface area is 161 Å². The van der Waals surface area contributed by atoms with Gasteiger partial charge in [-0.1, -0.05) is 23.8 Å². The van der Waals surface area contributed by atoms with Crippen molar-refractivity contribution in [3.63, 3.8) is 0 Å². The maximum absolute atomic E-state index is 5.62. The van der Waals surface area contributed by atoms with E-state index in [1.165, 1.54) is 0 Å². The first-order valence-electron chi connectivity index (χ1n) is 7.63. The number of nitrogens with two attached hydrogens (primary N) is 4. The molecule has 9 heteroatoms. The summed E-state index contributed by atoms with van der Waals surface area (Å²) in [4.78, 5) is 18.0. The Morgan fingerprint density at radius 2 is 1.23 bits per heavy atom. The summed E-state index contributed by atoms with van der Waals surface area (Å²) in [6.07, 6.45) is 0.428. The summed E-state index contributed by atoms with van der Waals surface area (Å²) in [7, 11) is 0. The van der Waals surface area contributed by atoms with E-state index in [1.54, 1.807) is 0 Å². The fourth-order valence-electron chi connectivity index (χ4n) is 2.68. The van der Waals surface area contributed by atoms with Crippen molar-refractivity contribution in [1.29, 1.82) is 0 Å². The van der Waals surface area contributed by atoms with Gasteiger partial charge in [0.15, 0.2) is 0 Å². The average molecular weight is 398 g/mol. The molecule has 124 valence electrons. The maximum atomic E-state index is 5.62. The van der Waals surface area contributed by atoms with Gasteiger partial charge in [-0.15, -0.1) is 0 Å². The molecule has 0 saturated heterocycles. The predicted octanol–water partition coefficient (Wildman–Crippen LogP) is -2.79. The number of rotatable bonds is 4. The van der Waals surface area contributed by atoms with Gasteiger partial charge in [0.1, 0.15) is 0 Å². The molecule has 26 heavy (non-hydrogen) atoms. The summed E-state index contributed by atoms with van der Waals surface area (Å²) in [5.74, 6) is 1.79. The number of amidine groups is 2. The second-order valence-corrected chi connectivity index (χ2v) is 5.77. The number of benzene rings is 2. The number of aromatic nitrogens is 4. The minimum Gasteiger partial charge on any atom is -0.439 e. The predicted molar refractivity (Wildman–Crippen MR) is 93.4 cm³/mol. The largest absolute Gasteiger partial charge is 2.00 e. The number of fused-ring (bicyclic) bond motifs is 2. The normalized spacial score (nSPS) is 10.8. The second-order valence-electron chi connectivity index (χ2n) is 5.77. The average Bonchev–Trinajstić information content (AvgIpc) is 3.15. The minimum atomic E-state index is 0. The molecule has 0 aliphatic heterocycles. The molecule has 2 heterocycles. The van der Waals surface area contributed by atoms with Crippen LogP contribution in [0.25, 0.3) is 22.1 Å². The first kappa shape index (κ1) is 17.8. The van der Waals surface area contributed by atoms with Crippen molar-refractivity contribution in [2.45, 2.75) is 6.42 Å². The van der Waals surface area contributed by atoms with Crippen LogP contribution in [0.1, 0.15) is 22.8 Å². The van der Waals surface area contributed by atoms with Crippen LogP contribution in [0.5, 0.6) is 0 Å². The molecule has 4 aromatic rings. The van der Waals surface area contributed by atoms with Crippen LogP contribution in [0.2, 0.25) is 0 Å². The molecular weight excluding hydrogens is 382 g/mol. The van der Waals surface area contributed by atoms with E-state index in [-0.39, 0.29) is 31.1 Å². The van der Waals surface area contributed by atoms with Crippen LogP contribution < -0.4 is 32.3 Å². The summed E-state index contributed by atoms with van der Waals surface area (Å²) < 4.78 is 0. The van der Waals surface area contributed by atoms with Crippen molar-refractivity contribution >= 4 is 33.7 Å².